The molecule has 0 aliphatic heterocycles. The van der Waals surface area contributed by atoms with Crippen LogP contribution < -0.4 is 14.2 Å². The molecule has 0 aromatic heterocycles. The maximum Gasteiger partial charge on any atom is 0.460 e. The second-order valence-corrected chi connectivity index (χ2v) is 18.3. The zero-order chi connectivity index (χ0) is 62.6. The lowest BCUT2D eigenvalue weighted by Crippen LogP contribution is -2.70. The van der Waals surface area contributed by atoms with E-state index in [2.05, 4.69) is 6.58 Å². The normalized spacial score (nSPS) is 14.0. The molecular formula is C51H42F26O5. The van der Waals surface area contributed by atoms with Crippen LogP contribution in [0.1, 0.15) is 96.1 Å². The van der Waals surface area contributed by atoms with Gasteiger partial charge in [-0.1, -0.05) is 86.7 Å². The smallest absolute Gasteiger partial charge is 0.460 e. The van der Waals surface area contributed by atoms with E-state index in [4.69, 9.17) is 14.2 Å². The van der Waals surface area contributed by atoms with Crippen molar-refractivity contribution in [1.29, 1.82) is 0 Å². The average molecular weight is 1230 g/mol. The Morgan fingerprint density at radius 2 is 0.756 bits per heavy atom. The van der Waals surface area contributed by atoms with Crippen molar-refractivity contribution in [3.63, 3.8) is 0 Å². The van der Waals surface area contributed by atoms with Crippen LogP contribution in [0, 0.1) is 0 Å². The van der Waals surface area contributed by atoms with E-state index in [0.717, 1.165) is 93.1 Å². The molecule has 0 aliphatic carbocycles. The summed E-state index contributed by atoms with van der Waals surface area (Å²) in [5.74, 6) is -79.5. The standard InChI is InChI=1S/C51H42F26O5/c1-2-3-4-5-6-7-8-9-12-27-80-36-28-35(81-38(78)31-19-15-29(16-20-31)23-25-40(52,53)42(56,57)44(60,61)46(64,65)48(68,69)50(72,73)74)33-13-10-11-14-34(33)37(36)82-39(79)32-21-17-30(18-22-32)24-26-41(54,55)43(58,59)45(62,63)47(66,67)49(70,71)51(75,76)77/h2,10-11,13-22,28H,1,3-9,12,23-27H2. The molecule has 0 saturated carbocycles. The number of halogens is 26. The van der Waals surface area contributed by atoms with Crippen molar-refractivity contribution >= 4 is 22.7 Å². The molecule has 4 aromatic carbocycles. The number of allylic oxidation sites excluding steroid dienone is 1. The highest BCUT2D eigenvalue weighted by molar-refractivity contribution is 6.01. The molecule has 0 amide bonds. The Hall–Kier alpha value is -6.20. The number of ether oxygens (including phenoxy) is 3. The number of benzene rings is 4. The van der Waals surface area contributed by atoms with Crippen molar-refractivity contribution in [3.8, 4) is 17.2 Å². The molecule has 0 aliphatic rings. The van der Waals surface area contributed by atoms with E-state index in [0.29, 0.717) is 12.8 Å². The number of aryl methyl sites for hydroxylation is 2. The minimum Gasteiger partial charge on any atom is -0.490 e. The quantitative estimate of drug-likeness (QED) is 0.0178. The third kappa shape index (κ3) is 13.4. The van der Waals surface area contributed by atoms with Crippen molar-refractivity contribution in [1.82, 2.24) is 0 Å². The van der Waals surface area contributed by atoms with Gasteiger partial charge < -0.3 is 14.2 Å². The number of unbranched alkanes of at least 4 members (excludes halogenated alkanes) is 7. The predicted molar refractivity (Wildman–Crippen MR) is 238 cm³/mol. The fourth-order valence-corrected chi connectivity index (χ4v) is 7.49. The topological polar surface area (TPSA) is 61.8 Å². The number of fused-ring (bicyclic) bond motifs is 1. The summed E-state index contributed by atoms with van der Waals surface area (Å²) >= 11 is 0. The summed E-state index contributed by atoms with van der Waals surface area (Å²) in [4.78, 5) is 27.0. The van der Waals surface area contributed by atoms with Gasteiger partial charge in [0.15, 0.2) is 11.5 Å². The Morgan fingerprint density at radius 3 is 1.15 bits per heavy atom. The highest BCUT2D eigenvalue weighted by Gasteiger charge is 2.92. The Balaban J connectivity index is 1.58. The zero-order valence-electron chi connectivity index (χ0n) is 41.4. The average Bonchev–Trinajstić information content (AvgIpc) is 1.41. The Kier molecular flexibility index (Phi) is 20.5. The van der Waals surface area contributed by atoms with Gasteiger partial charge in [-0.2, -0.15) is 114 Å². The summed E-state index contributed by atoms with van der Waals surface area (Å²) in [6, 6.07) is 12.3. The van der Waals surface area contributed by atoms with E-state index in [-0.39, 0.29) is 28.9 Å². The summed E-state index contributed by atoms with van der Waals surface area (Å²) in [5.41, 5.74) is -2.07. The highest BCUT2D eigenvalue weighted by atomic mass is 19.4. The molecule has 0 saturated heterocycles. The van der Waals surface area contributed by atoms with Crippen molar-refractivity contribution < 1.29 is 138 Å². The van der Waals surface area contributed by atoms with Gasteiger partial charge in [0.25, 0.3) is 0 Å². The number of esters is 2. The van der Waals surface area contributed by atoms with Gasteiger partial charge in [0.2, 0.25) is 0 Å². The summed E-state index contributed by atoms with van der Waals surface area (Å²) in [6.07, 6.45) is -15.4. The third-order valence-electron chi connectivity index (χ3n) is 12.5. The summed E-state index contributed by atoms with van der Waals surface area (Å²) in [5, 5.41) is -0.138. The number of hydrogen-bond acceptors (Lipinski definition) is 5. The van der Waals surface area contributed by atoms with Crippen molar-refractivity contribution in [3.05, 3.63) is 114 Å². The minimum absolute atomic E-state index is 0.0591. The number of alkyl halides is 26. The number of rotatable bonds is 29. The van der Waals surface area contributed by atoms with Crippen LogP contribution in [-0.2, 0) is 12.8 Å². The second-order valence-electron chi connectivity index (χ2n) is 18.3. The Bertz CT molecular complexity index is 2820. The molecule has 0 unspecified atom stereocenters. The lowest BCUT2D eigenvalue weighted by Gasteiger charge is -2.39. The first-order chi connectivity index (χ1) is 37.3. The van der Waals surface area contributed by atoms with Crippen LogP contribution in [-0.4, -0.2) is 90.1 Å². The SMILES string of the molecule is C=CCCCCCCCCCOc1cc(OC(=O)c2ccc(CCC(F)(F)C(F)(F)C(F)(F)C(F)(F)C(F)(F)C(F)(F)F)cc2)c2ccccc2c1OC(=O)c1ccc(CCC(F)(F)C(F)(F)C(F)(F)C(F)(F)C(F)(F)C(F)(F)F)cc1. The van der Waals surface area contributed by atoms with Crippen LogP contribution >= 0.6 is 0 Å². The molecule has 0 spiro atoms. The Morgan fingerprint density at radius 1 is 0.402 bits per heavy atom. The molecule has 0 atom stereocenters. The van der Waals surface area contributed by atoms with Gasteiger partial charge in [0.1, 0.15) is 5.75 Å². The first kappa shape index (κ1) is 68.3. The molecule has 5 nitrogen and oxygen atoms in total. The molecule has 0 radical (unpaired) electrons. The van der Waals surface area contributed by atoms with Crippen molar-refractivity contribution in [2.75, 3.05) is 6.61 Å². The molecule has 82 heavy (non-hydrogen) atoms. The van der Waals surface area contributed by atoms with Crippen LogP contribution in [0.15, 0.2) is 91.5 Å². The van der Waals surface area contributed by atoms with Crippen molar-refractivity contribution in [2.24, 2.45) is 0 Å². The van der Waals surface area contributed by atoms with E-state index < -0.39 is 137 Å². The number of hydrogen-bond donors (Lipinski definition) is 0. The Labute approximate surface area is 446 Å². The summed E-state index contributed by atoms with van der Waals surface area (Å²) in [7, 11) is 0. The molecule has 0 fully saturated rings. The lowest BCUT2D eigenvalue weighted by atomic mass is 9.91. The molecule has 4 aromatic rings. The van der Waals surface area contributed by atoms with Crippen molar-refractivity contribution in [2.45, 2.75) is 149 Å². The maximum atomic E-state index is 14.5. The molecular weight excluding hydrogens is 1190 g/mol. The zero-order valence-corrected chi connectivity index (χ0v) is 41.4. The fraction of sp³-hybridized carbons (Fsp3) is 0.490. The highest BCUT2D eigenvalue weighted by Crippen LogP contribution is 2.62. The van der Waals surface area contributed by atoms with Gasteiger partial charge >= 0.3 is 83.5 Å². The molecule has 0 N–H and O–H groups in total. The molecule has 458 valence electrons. The van der Waals surface area contributed by atoms with Gasteiger partial charge in [-0.25, -0.2) is 9.59 Å². The van der Waals surface area contributed by atoms with Crippen LogP contribution in [0.2, 0.25) is 0 Å². The number of carbonyl (C=O) groups excluding carboxylic acids is 2. The first-order valence-electron chi connectivity index (χ1n) is 23.7. The van der Waals surface area contributed by atoms with Gasteiger partial charge in [0.05, 0.1) is 17.7 Å². The largest absolute Gasteiger partial charge is 0.490 e. The van der Waals surface area contributed by atoms with Crippen LogP contribution in [0.25, 0.3) is 10.8 Å². The molecule has 0 bridgehead atoms. The monoisotopic (exact) mass is 1230 g/mol. The summed E-state index contributed by atoms with van der Waals surface area (Å²) in [6.45, 7) is 3.52. The molecule has 4 rings (SSSR count). The lowest BCUT2D eigenvalue weighted by molar-refractivity contribution is -0.440. The van der Waals surface area contributed by atoms with Crippen LogP contribution in [0.3, 0.4) is 0 Å². The van der Waals surface area contributed by atoms with Gasteiger partial charge in [-0.15, -0.1) is 6.58 Å². The van der Waals surface area contributed by atoms with E-state index >= 15 is 0 Å². The van der Waals surface area contributed by atoms with E-state index in [1.54, 1.807) is 6.08 Å². The van der Waals surface area contributed by atoms with Crippen LogP contribution in [0.4, 0.5) is 114 Å². The van der Waals surface area contributed by atoms with E-state index in [1.807, 2.05) is 0 Å². The molecule has 31 heteroatoms. The third-order valence-corrected chi connectivity index (χ3v) is 12.5. The summed E-state index contributed by atoms with van der Waals surface area (Å²) < 4.78 is 371. The molecule has 0 heterocycles. The van der Waals surface area contributed by atoms with Gasteiger partial charge in [-0.3, -0.25) is 0 Å². The first-order valence-corrected chi connectivity index (χ1v) is 23.7. The van der Waals surface area contributed by atoms with E-state index in [9.17, 15) is 124 Å². The van der Waals surface area contributed by atoms with Gasteiger partial charge in [-0.05, 0) is 67.5 Å². The number of carbonyl (C=O) groups is 2. The van der Waals surface area contributed by atoms with Gasteiger partial charge in [0, 0.05) is 29.7 Å². The fourth-order valence-electron chi connectivity index (χ4n) is 7.49. The maximum absolute atomic E-state index is 14.5. The van der Waals surface area contributed by atoms with Crippen LogP contribution in [0.5, 0.6) is 17.2 Å². The minimum atomic E-state index is -8.09. The second kappa shape index (κ2) is 24.6. The van der Waals surface area contributed by atoms with E-state index in [1.165, 1.54) is 24.3 Å². The predicted octanol–water partition coefficient (Wildman–Crippen LogP) is 18.3.